The maximum Gasteiger partial charge on any atom is 0.274 e. The Morgan fingerprint density at radius 2 is 2.00 bits per heavy atom. The second-order valence-corrected chi connectivity index (χ2v) is 8.13. The lowest BCUT2D eigenvalue weighted by Gasteiger charge is -2.32. The van der Waals surface area contributed by atoms with Crippen LogP contribution in [0.25, 0.3) is 5.82 Å². The lowest BCUT2D eigenvalue weighted by molar-refractivity contribution is 0.0627. The van der Waals surface area contributed by atoms with E-state index < -0.39 is 0 Å². The van der Waals surface area contributed by atoms with Gasteiger partial charge in [0.25, 0.3) is 5.91 Å². The van der Waals surface area contributed by atoms with E-state index in [0.29, 0.717) is 30.5 Å². The van der Waals surface area contributed by atoms with E-state index in [2.05, 4.69) is 10.1 Å². The summed E-state index contributed by atoms with van der Waals surface area (Å²) in [5.74, 6) is 1.58. The number of amides is 1. The smallest absolute Gasteiger partial charge is 0.274 e. The molecule has 156 valence electrons. The van der Waals surface area contributed by atoms with Crippen LogP contribution in [0.15, 0.2) is 48.5 Å². The summed E-state index contributed by atoms with van der Waals surface area (Å²) in [4.78, 5) is 19.6. The minimum absolute atomic E-state index is 0.146. The van der Waals surface area contributed by atoms with Gasteiger partial charge in [-0.3, -0.25) is 4.79 Å². The predicted molar refractivity (Wildman–Crippen MR) is 116 cm³/mol. The Balaban J connectivity index is 1.48. The highest BCUT2D eigenvalue weighted by atomic mass is 35.5. The Morgan fingerprint density at radius 1 is 1.20 bits per heavy atom. The lowest BCUT2D eigenvalue weighted by Crippen LogP contribution is -2.42. The fourth-order valence-electron chi connectivity index (χ4n) is 3.83. The zero-order valence-electron chi connectivity index (χ0n) is 17.2. The van der Waals surface area contributed by atoms with Crippen LogP contribution >= 0.6 is 11.6 Å². The molecule has 4 rings (SSSR count). The third-order valence-corrected chi connectivity index (χ3v) is 5.60. The van der Waals surface area contributed by atoms with Gasteiger partial charge in [0.1, 0.15) is 11.4 Å². The van der Waals surface area contributed by atoms with Crippen LogP contribution in [0.5, 0.6) is 5.75 Å². The summed E-state index contributed by atoms with van der Waals surface area (Å²) in [7, 11) is 0. The van der Waals surface area contributed by atoms with E-state index in [-0.39, 0.29) is 17.5 Å². The molecule has 1 saturated heterocycles. The maximum atomic E-state index is 13.2. The summed E-state index contributed by atoms with van der Waals surface area (Å²) in [6.07, 6.45) is 1.97. The van der Waals surface area contributed by atoms with Crippen molar-refractivity contribution in [1.29, 1.82) is 0 Å². The number of para-hydroxylation sites is 1. The fourth-order valence-corrected chi connectivity index (χ4v) is 4.01. The molecule has 1 aliphatic rings. The first kappa shape index (κ1) is 20.4. The molecular formula is C23H25ClN4O2. The van der Waals surface area contributed by atoms with Gasteiger partial charge in [-0.2, -0.15) is 5.10 Å². The molecule has 3 heterocycles. The Kier molecular flexibility index (Phi) is 6.04. The average Bonchev–Trinajstić information content (AvgIpc) is 3.11. The minimum Gasteiger partial charge on any atom is -0.493 e. The van der Waals surface area contributed by atoms with Crippen molar-refractivity contribution in [3.8, 4) is 11.6 Å². The van der Waals surface area contributed by atoms with Gasteiger partial charge >= 0.3 is 0 Å². The third kappa shape index (κ3) is 4.49. The van der Waals surface area contributed by atoms with Gasteiger partial charge in [0, 0.05) is 24.7 Å². The molecule has 0 spiro atoms. The van der Waals surface area contributed by atoms with Crippen molar-refractivity contribution in [2.75, 3.05) is 19.7 Å². The average molecular weight is 425 g/mol. The molecule has 0 saturated carbocycles. The minimum atomic E-state index is -0.146. The lowest BCUT2D eigenvalue weighted by atomic mass is 9.98. The van der Waals surface area contributed by atoms with Crippen molar-refractivity contribution in [1.82, 2.24) is 19.7 Å². The number of pyridine rings is 1. The predicted octanol–water partition coefficient (Wildman–Crippen LogP) is 4.47. The molecule has 1 aliphatic heterocycles. The number of carbonyl (C=O) groups is 1. The summed E-state index contributed by atoms with van der Waals surface area (Å²) in [6, 6.07) is 15.2. The van der Waals surface area contributed by atoms with Crippen molar-refractivity contribution in [3.63, 3.8) is 0 Å². The molecule has 1 atom stereocenters. The summed E-state index contributed by atoms with van der Waals surface area (Å²) in [5, 5.41) is 4.81. The van der Waals surface area contributed by atoms with E-state index in [4.69, 9.17) is 16.3 Å². The van der Waals surface area contributed by atoms with Crippen LogP contribution in [-0.4, -0.2) is 45.3 Å². The monoisotopic (exact) mass is 424 g/mol. The number of hydrogen-bond donors (Lipinski definition) is 0. The topological polar surface area (TPSA) is 60.2 Å². The molecule has 6 nitrogen and oxygen atoms in total. The fraction of sp³-hybridized carbons (Fsp3) is 0.348. The molecule has 0 bridgehead atoms. The Bertz CT molecular complexity index is 1030. The number of aromatic nitrogens is 3. The van der Waals surface area contributed by atoms with Crippen molar-refractivity contribution in [2.45, 2.75) is 26.7 Å². The first-order valence-corrected chi connectivity index (χ1v) is 10.6. The van der Waals surface area contributed by atoms with Crippen molar-refractivity contribution in [3.05, 3.63) is 70.6 Å². The molecule has 1 unspecified atom stereocenters. The molecule has 3 aromatic rings. The zero-order valence-corrected chi connectivity index (χ0v) is 18.0. The van der Waals surface area contributed by atoms with Crippen LogP contribution < -0.4 is 4.74 Å². The first-order chi connectivity index (χ1) is 14.5. The summed E-state index contributed by atoms with van der Waals surface area (Å²) in [6.45, 7) is 5.80. The van der Waals surface area contributed by atoms with Crippen LogP contribution in [-0.2, 0) is 0 Å². The number of aryl methyl sites for hydroxylation is 2. The normalized spacial score (nSPS) is 16.5. The molecule has 30 heavy (non-hydrogen) atoms. The molecular weight excluding hydrogens is 400 g/mol. The molecule has 1 fully saturated rings. The van der Waals surface area contributed by atoms with Crippen LogP contribution in [0.3, 0.4) is 0 Å². The number of carbonyl (C=O) groups excluding carboxylic acids is 1. The number of benzene rings is 1. The summed E-state index contributed by atoms with van der Waals surface area (Å²) >= 11 is 6.36. The summed E-state index contributed by atoms with van der Waals surface area (Å²) in [5.41, 5.74) is 2.12. The van der Waals surface area contributed by atoms with Crippen LogP contribution in [0.2, 0.25) is 5.02 Å². The molecule has 0 radical (unpaired) electrons. The standard InChI is InChI=1S/C23H25ClN4O2/c1-16-13-17(2)28(26-16)21-11-10-20(24)22(25-21)23(29)27-12-6-7-18(14-27)15-30-19-8-4-3-5-9-19/h3-5,8-11,13,18H,6-7,12,14-15H2,1-2H3. The quantitative estimate of drug-likeness (QED) is 0.606. The maximum absolute atomic E-state index is 13.2. The van der Waals surface area contributed by atoms with Gasteiger partial charge in [-0.25, -0.2) is 9.67 Å². The molecule has 0 N–H and O–H groups in total. The Hall–Kier alpha value is -2.86. The zero-order chi connectivity index (χ0) is 21.1. The van der Waals surface area contributed by atoms with E-state index in [1.807, 2.05) is 55.1 Å². The van der Waals surface area contributed by atoms with Crippen LogP contribution in [0.4, 0.5) is 0 Å². The van der Waals surface area contributed by atoms with Crippen molar-refractivity contribution >= 4 is 17.5 Å². The second-order valence-electron chi connectivity index (χ2n) is 7.72. The van der Waals surface area contributed by atoms with Gasteiger partial charge in [0.05, 0.1) is 17.3 Å². The van der Waals surface area contributed by atoms with Gasteiger partial charge in [0.15, 0.2) is 5.82 Å². The van der Waals surface area contributed by atoms with Crippen molar-refractivity contribution in [2.24, 2.45) is 5.92 Å². The van der Waals surface area contributed by atoms with Crippen LogP contribution in [0.1, 0.15) is 34.7 Å². The van der Waals surface area contributed by atoms with Gasteiger partial charge in [-0.1, -0.05) is 29.8 Å². The van der Waals surface area contributed by atoms with Crippen molar-refractivity contribution < 1.29 is 9.53 Å². The third-order valence-electron chi connectivity index (χ3n) is 5.30. The molecule has 1 amide bonds. The molecule has 2 aromatic heterocycles. The van der Waals surface area contributed by atoms with Gasteiger partial charge in [-0.15, -0.1) is 0 Å². The first-order valence-electron chi connectivity index (χ1n) is 10.2. The molecule has 0 aliphatic carbocycles. The number of ether oxygens (including phenoxy) is 1. The highest BCUT2D eigenvalue weighted by Crippen LogP contribution is 2.24. The SMILES string of the molecule is Cc1cc(C)n(-c2ccc(Cl)c(C(=O)N3CCCC(COc4ccccc4)C3)n2)n1. The van der Waals surface area contributed by atoms with E-state index in [1.165, 1.54) is 0 Å². The number of likely N-dealkylation sites (tertiary alicyclic amines) is 1. The van der Waals surface area contributed by atoms with Gasteiger partial charge in [-0.05, 0) is 57.0 Å². The molecule has 1 aromatic carbocycles. The van der Waals surface area contributed by atoms with E-state index in [1.54, 1.807) is 16.8 Å². The van der Waals surface area contributed by atoms with Gasteiger partial charge < -0.3 is 9.64 Å². The summed E-state index contributed by atoms with van der Waals surface area (Å²) < 4.78 is 7.64. The van der Waals surface area contributed by atoms with E-state index in [0.717, 1.165) is 30.0 Å². The number of rotatable bonds is 5. The number of nitrogens with zero attached hydrogens (tertiary/aromatic N) is 4. The number of piperidine rings is 1. The Morgan fingerprint density at radius 3 is 2.73 bits per heavy atom. The largest absolute Gasteiger partial charge is 0.493 e. The number of halogens is 1. The van der Waals surface area contributed by atoms with Crippen LogP contribution in [0, 0.1) is 19.8 Å². The van der Waals surface area contributed by atoms with Gasteiger partial charge in [0.2, 0.25) is 0 Å². The van der Waals surface area contributed by atoms with E-state index >= 15 is 0 Å². The highest BCUT2D eigenvalue weighted by Gasteiger charge is 2.27. The Labute approximate surface area is 181 Å². The highest BCUT2D eigenvalue weighted by molar-refractivity contribution is 6.33. The molecule has 7 heteroatoms. The second kappa shape index (κ2) is 8.88. The van der Waals surface area contributed by atoms with E-state index in [9.17, 15) is 4.79 Å². The number of hydrogen-bond acceptors (Lipinski definition) is 4.